The summed E-state index contributed by atoms with van der Waals surface area (Å²) in [5.41, 5.74) is 4.02. The van der Waals surface area contributed by atoms with Crippen LogP contribution in [0.2, 0.25) is 0 Å². The maximum atomic E-state index is 11.6. The van der Waals surface area contributed by atoms with Gasteiger partial charge < -0.3 is 4.74 Å². The van der Waals surface area contributed by atoms with Gasteiger partial charge in [-0.2, -0.15) is 5.10 Å². The number of rotatable bonds is 5. The van der Waals surface area contributed by atoms with E-state index in [9.17, 15) is 4.79 Å². The fourth-order valence-electron chi connectivity index (χ4n) is 1.38. The number of nitrogens with one attached hydrogen (secondary N) is 1. The highest BCUT2D eigenvalue weighted by molar-refractivity contribution is 9.11. The molecule has 0 spiro atoms. The third kappa shape index (κ3) is 3.88. The lowest BCUT2D eigenvalue weighted by Gasteiger charge is -1.97. The van der Waals surface area contributed by atoms with Crippen LogP contribution in [-0.2, 0) is 4.74 Å². The molecular weight excluding hydrogens is 342 g/mol. The van der Waals surface area contributed by atoms with Crippen molar-refractivity contribution in [1.82, 2.24) is 4.98 Å². The van der Waals surface area contributed by atoms with Crippen molar-refractivity contribution >= 4 is 44.6 Å². The van der Waals surface area contributed by atoms with Crippen LogP contribution in [0.5, 0.6) is 0 Å². The molecule has 1 N–H and O–H groups in total. The maximum Gasteiger partial charge on any atom is 0.359 e. The van der Waals surface area contributed by atoms with Crippen molar-refractivity contribution in [2.75, 3.05) is 12.0 Å². The predicted octanol–water partition coefficient (Wildman–Crippen LogP) is 3.53. The van der Waals surface area contributed by atoms with Gasteiger partial charge in [0.25, 0.3) is 0 Å². The standard InChI is InChI=1S/C13H12BrN3O2S/c1-2-19-12(18)10-11(14)20-13(16-10)17-15-8-9-6-4-3-5-7-9/h3-8H,2H2,1H3,(H,16,17). The molecule has 5 nitrogen and oxygen atoms in total. The van der Waals surface area contributed by atoms with Crippen LogP contribution in [-0.4, -0.2) is 23.8 Å². The van der Waals surface area contributed by atoms with E-state index in [4.69, 9.17) is 4.74 Å². The summed E-state index contributed by atoms with van der Waals surface area (Å²) in [6.45, 7) is 2.07. The number of thiazole rings is 1. The zero-order valence-corrected chi connectivity index (χ0v) is 13.1. The van der Waals surface area contributed by atoms with Crippen LogP contribution in [0, 0.1) is 0 Å². The molecule has 20 heavy (non-hydrogen) atoms. The fraction of sp³-hybridized carbons (Fsp3) is 0.154. The van der Waals surface area contributed by atoms with Crippen molar-refractivity contribution in [2.45, 2.75) is 6.92 Å². The number of anilines is 1. The van der Waals surface area contributed by atoms with Gasteiger partial charge in [0.2, 0.25) is 5.13 Å². The number of hydrogen-bond donors (Lipinski definition) is 1. The molecule has 1 aromatic heterocycles. The summed E-state index contributed by atoms with van der Waals surface area (Å²) in [6, 6.07) is 9.68. The smallest absolute Gasteiger partial charge is 0.359 e. The Kier molecular flexibility index (Phi) is 5.25. The molecule has 7 heteroatoms. The highest BCUT2D eigenvalue weighted by atomic mass is 79.9. The minimum Gasteiger partial charge on any atom is -0.461 e. The highest BCUT2D eigenvalue weighted by Crippen LogP contribution is 2.28. The Morgan fingerprint density at radius 2 is 2.25 bits per heavy atom. The molecule has 0 aliphatic heterocycles. The van der Waals surface area contributed by atoms with E-state index in [1.165, 1.54) is 11.3 Å². The first-order valence-electron chi connectivity index (χ1n) is 5.88. The largest absolute Gasteiger partial charge is 0.461 e. The third-order valence-electron chi connectivity index (χ3n) is 2.23. The molecule has 0 aliphatic rings. The minimum absolute atomic E-state index is 0.259. The van der Waals surface area contributed by atoms with Crippen molar-refractivity contribution < 1.29 is 9.53 Å². The zero-order valence-electron chi connectivity index (χ0n) is 10.7. The molecule has 1 heterocycles. The van der Waals surface area contributed by atoms with Gasteiger partial charge in [0.1, 0.15) is 3.79 Å². The number of ether oxygens (including phenoxy) is 1. The molecular formula is C13H12BrN3O2S. The Balaban J connectivity index is 2.02. The Bertz CT molecular complexity index is 613. The molecule has 104 valence electrons. The quantitative estimate of drug-likeness (QED) is 0.507. The van der Waals surface area contributed by atoms with Crippen LogP contribution in [0.15, 0.2) is 39.2 Å². The Morgan fingerprint density at radius 3 is 2.95 bits per heavy atom. The summed E-state index contributed by atoms with van der Waals surface area (Å²) >= 11 is 4.57. The van der Waals surface area contributed by atoms with Crippen molar-refractivity contribution in [1.29, 1.82) is 0 Å². The lowest BCUT2D eigenvalue weighted by Crippen LogP contribution is -2.05. The molecule has 0 bridgehead atoms. The van der Waals surface area contributed by atoms with Gasteiger partial charge in [-0.05, 0) is 28.4 Å². The topological polar surface area (TPSA) is 63.6 Å². The van der Waals surface area contributed by atoms with E-state index in [0.717, 1.165) is 5.56 Å². The number of carbonyl (C=O) groups excluding carboxylic acids is 1. The molecule has 1 aromatic carbocycles. The summed E-state index contributed by atoms with van der Waals surface area (Å²) < 4.78 is 5.52. The van der Waals surface area contributed by atoms with Gasteiger partial charge in [-0.1, -0.05) is 41.7 Å². The van der Waals surface area contributed by atoms with Gasteiger partial charge in [-0.15, -0.1) is 0 Å². The van der Waals surface area contributed by atoms with Crippen LogP contribution < -0.4 is 5.43 Å². The number of hydrazone groups is 1. The molecule has 0 saturated heterocycles. The zero-order chi connectivity index (χ0) is 14.4. The highest BCUT2D eigenvalue weighted by Gasteiger charge is 2.17. The van der Waals surface area contributed by atoms with Gasteiger partial charge in [0.15, 0.2) is 5.69 Å². The average molecular weight is 354 g/mol. The van der Waals surface area contributed by atoms with Crippen LogP contribution in [0.3, 0.4) is 0 Å². The third-order valence-corrected chi connectivity index (χ3v) is 3.84. The Morgan fingerprint density at radius 1 is 1.50 bits per heavy atom. The van der Waals surface area contributed by atoms with Crippen LogP contribution in [0.25, 0.3) is 0 Å². The van der Waals surface area contributed by atoms with Gasteiger partial charge in [0.05, 0.1) is 12.8 Å². The Labute approximate surface area is 128 Å². The first kappa shape index (κ1) is 14.7. The van der Waals surface area contributed by atoms with E-state index >= 15 is 0 Å². The summed E-state index contributed by atoms with van der Waals surface area (Å²) in [6.07, 6.45) is 1.68. The molecule has 0 atom stereocenters. The van der Waals surface area contributed by atoms with Crippen LogP contribution >= 0.6 is 27.3 Å². The van der Waals surface area contributed by atoms with Crippen molar-refractivity contribution in [2.24, 2.45) is 5.10 Å². The molecule has 2 aromatic rings. The van der Waals surface area contributed by atoms with E-state index in [2.05, 4.69) is 31.4 Å². The number of aromatic nitrogens is 1. The van der Waals surface area contributed by atoms with Gasteiger partial charge >= 0.3 is 5.97 Å². The number of nitrogens with zero attached hydrogens (tertiary/aromatic N) is 2. The molecule has 0 amide bonds. The lowest BCUT2D eigenvalue weighted by atomic mass is 10.2. The average Bonchev–Trinajstić information content (AvgIpc) is 2.81. The minimum atomic E-state index is -0.448. The second-order valence-electron chi connectivity index (χ2n) is 3.64. The first-order valence-corrected chi connectivity index (χ1v) is 7.49. The number of halogens is 1. The fourth-order valence-corrected chi connectivity index (χ4v) is 2.72. The first-order chi connectivity index (χ1) is 9.70. The predicted molar refractivity (Wildman–Crippen MR) is 83.4 cm³/mol. The Hall–Kier alpha value is -1.73. The van der Waals surface area contributed by atoms with Crippen molar-refractivity contribution in [3.63, 3.8) is 0 Å². The molecule has 0 aliphatic carbocycles. The van der Waals surface area contributed by atoms with Gasteiger partial charge in [-0.25, -0.2) is 9.78 Å². The van der Waals surface area contributed by atoms with Crippen LogP contribution in [0.1, 0.15) is 23.0 Å². The number of esters is 1. The van der Waals surface area contributed by atoms with E-state index in [1.54, 1.807) is 13.1 Å². The van der Waals surface area contributed by atoms with E-state index in [-0.39, 0.29) is 5.69 Å². The molecule has 0 saturated carbocycles. The summed E-state index contributed by atoms with van der Waals surface area (Å²) in [5.74, 6) is -0.448. The summed E-state index contributed by atoms with van der Waals surface area (Å²) in [7, 11) is 0. The summed E-state index contributed by atoms with van der Waals surface area (Å²) in [5, 5.41) is 4.59. The van der Waals surface area contributed by atoms with Gasteiger partial charge in [0, 0.05) is 0 Å². The van der Waals surface area contributed by atoms with E-state index in [0.29, 0.717) is 15.5 Å². The number of carbonyl (C=O) groups is 1. The van der Waals surface area contributed by atoms with E-state index in [1.807, 2.05) is 30.3 Å². The normalized spacial score (nSPS) is 10.7. The van der Waals surface area contributed by atoms with Crippen molar-refractivity contribution in [3.05, 3.63) is 45.4 Å². The maximum absolute atomic E-state index is 11.6. The second-order valence-corrected chi connectivity index (χ2v) is 5.96. The molecule has 0 unspecified atom stereocenters. The molecule has 2 rings (SSSR count). The summed E-state index contributed by atoms with van der Waals surface area (Å²) in [4.78, 5) is 15.7. The SMILES string of the molecule is CCOC(=O)c1nc(NN=Cc2ccccc2)sc1Br. The van der Waals surface area contributed by atoms with Crippen LogP contribution in [0.4, 0.5) is 5.13 Å². The van der Waals surface area contributed by atoms with E-state index < -0.39 is 5.97 Å². The lowest BCUT2D eigenvalue weighted by molar-refractivity contribution is 0.0519. The second kappa shape index (κ2) is 7.16. The number of hydrogen-bond acceptors (Lipinski definition) is 6. The molecule has 0 fully saturated rings. The number of benzene rings is 1. The van der Waals surface area contributed by atoms with Gasteiger partial charge in [-0.3, -0.25) is 5.43 Å². The monoisotopic (exact) mass is 353 g/mol. The molecule has 0 radical (unpaired) electrons. The van der Waals surface area contributed by atoms with Crippen molar-refractivity contribution in [3.8, 4) is 0 Å².